The molecule has 15 heavy (non-hydrogen) atoms. The monoisotopic (exact) mass is 205 g/mol. The maximum atomic E-state index is 10.9. The largest absolute Gasteiger partial charge is 0.464 e. The normalized spacial score (nSPS) is 10.5. The van der Waals surface area contributed by atoms with Crippen LogP contribution in [-0.2, 0) is 0 Å². The molecule has 2 aromatic rings. The molecule has 5 nitrogen and oxygen atoms in total. The second-order valence-corrected chi connectivity index (χ2v) is 3.08. The molecule has 0 spiro atoms. The predicted molar refractivity (Wildman–Crippen MR) is 56.5 cm³/mol. The van der Waals surface area contributed by atoms with Gasteiger partial charge < -0.3 is 5.11 Å². The van der Waals surface area contributed by atoms with Crippen molar-refractivity contribution in [2.75, 3.05) is 11.6 Å². The number of fused-ring (bicyclic) bond motifs is 1. The average molecular weight is 205 g/mol. The molecule has 0 aliphatic carbocycles. The molecule has 0 radical (unpaired) electrons. The third kappa shape index (κ3) is 1.52. The van der Waals surface area contributed by atoms with E-state index in [1.165, 1.54) is 16.0 Å². The Bertz CT molecular complexity index is 492. The summed E-state index contributed by atoms with van der Waals surface area (Å²) in [5.74, 6) is 0. The minimum absolute atomic E-state index is 0.385. The standard InChI is InChI=1S/C10H11N3O2/c1-2-12(10(14)15)13-7-11-8-5-3-4-6-9(8)13/h3-7H,2H2,1H3,(H,14,15). The van der Waals surface area contributed by atoms with Crippen molar-refractivity contribution < 1.29 is 9.90 Å². The molecular weight excluding hydrogens is 194 g/mol. The Hall–Kier alpha value is -2.04. The number of hydrogen-bond acceptors (Lipinski definition) is 2. The first-order valence-electron chi connectivity index (χ1n) is 4.67. The van der Waals surface area contributed by atoms with E-state index in [1.54, 1.807) is 6.92 Å². The van der Waals surface area contributed by atoms with Crippen molar-refractivity contribution in [1.29, 1.82) is 0 Å². The van der Waals surface area contributed by atoms with Crippen LogP contribution in [0.5, 0.6) is 0 Å². The van der Waals surface area contributed by atoms with Gasteiger partial charge in [-0.2, -0.15) is 0 Å². The van der Waals surface area contributed by atoms with Crippen LogP contribution in [0.1, 0.15) is 6.92 Å². The number of carbonyl (C=O) groups is 1. The van der Waals surface area contributed by atoms with Crippen molar-refractivity contribution in [2.24, 2.45) is 0 Å². The maximum Gasteiger partial charge on any atom is 0.426 e. The zero-order valence-electron chi connectivity index (χ0n) is 8.29. The van der Waals surface area contributed by atoms with Crippen LogP contribution in [0.25, 0.3) is 11.0 Å². The van der Waals surface area contributed by atoms with E-state index in [4.69, 9.17) is 5.11 Å². The van der Waals surface area contributed by atoms with Crippen LogP contribution in [0.2, 0.25) is 0 Å². The molecule has 0 atom stereocenters. The maximum absolute atomic E-state index is 10.9. The fourth-order valence-corrected chi connectivity index (χ4v) is 1.52. The third-order valence-electron chi connectivity index (χ3n) is 2.22. The molecule has 0 unspecified atom stereocenters. The van der Waals surface area contributed by atoms with Gasteiger partial charge in [0.1, 0.15) is 6.33 Å². The van der Waals surface area contributed by atoms with Crippen molar-refractivity contribution in [3.8, 4) is 0 Å². The molecule has 2 rings (SSSR count). The number of imidazole rings is 1. The Labute approximate surface area is 86.5 Å². The predicted octanol–water partition coefficient (Wildman–Crippen LogP) is 1.67. The molecule has 1 aromatic heterocycles. The topological polar surface area (TPSA) is 58.4 Å². The Morgan fingerprint density at radius 1 is 1.53 bits per heavy atom. The van der Waals surface area contributed by atoms with Gasteiger partial charge in [0.25, 0.3) is 0 Å². The minimum atomic E-state index is -0.986. The van der Waals surface area contributed by atoms with Gasteiger partial charge >= 0.3 is 6.09 Å². The molecular formula is C10H11N3O2. The van der Waals surface area contributed by atoms with E-state index in [-0.39, 0.29) is 0 Å². The number of hydrogen-bond donors (Lipinski definition) is 1. The second-order valence-electron chi connectivity index (χ2n) is 3.08. The highest BCUT2D eigenvalue weighted by molar-refractivity contribution is 5.81. The molecule has 0 saturated carbocycles. The Morgan fingerprint density at radius 3 is 2.93 bits per heavy atom. The van der Waals surface area contributed by atoms with Gasteiger partial charge in [0.15, 0.2) is 0 Å². The smallest absolute Gasteiger partial charge is 0.426 e. The Balaban J connectivity index is 2.55. The summed E-state index contributed by atoms with van der Waals surface area (Å²) in [4.78, 5) is 15.1. The fourth-order valence-electron chi connectivity index (χ4n) is 1.52. The quantitative estimate of drug-likeness (QED) is 0.811. The van der Waals surface area contributed by atoms with Crippen molar-refractivity contribution in [2.45, 2.75) is 6.92 Å². The van der Waals surface area contributed by atoms with E-state index in [9.17, 15) is 4.79 Å². The summed E-state index contributed by atoms with van der Waals surface area (Å²) in [6.07, 6.45) is 0.531. The van der Waals surface area contributed by atoms with Crippen LogP contribution < -0.4 is 5.01 Å². The molecule has 1 aromatic carbocycles. The van der Waals surface area contributed by atoms with E-state index in [0.29, 0.717) is 6.54 Å². The third-order valence-corrected chi connectivity index (χ3v) is 2.22. The van der Waals surface area contributed by atoms with E-state index in [1.807, 2.05) is 24.3 Å². The van der Waals surface area contributed by atoms with E-state index in [2.05, 4.69) is 4.98 Å². The van der Waals surface area contributed by atoms with Crippen molar-refractivity contribution in [3.05, 3.63) is 30.6 Å². The Morgan fingerprint density at radius 2 is 2.27 bits per heavy atom. The molecule has 0 saturated heterocycles. The minimum Gasteiger partial charge on any atom is -0.464 e. The van der Waals surface area contributed by atoms with E-state index in [0.717, 1.165) is 11.0 Å². The van der Waals surface area contributed by atoms with Crippen LogP contribution in [0, 0.1) is 0 Å². The molecule has 0 fully saturated rings. The number of aromatic nitrogens is 2. The van der Waals surface area contributed by atoms with Gasteiger partial charge in [-0.15, -0.1) is 0 Å². The number of rotatable bonds is 2. The lowest BCUT2D eigenvalue weighted by atomic mass is 10.3. The number of para-hydroxylation sites is 2. The average Bonchev–Trinajstić information content (AvgIpc) is 2.63. The molecule has 1 amide bonds. The summed E-state index contributed by atoms with van der Waals surface area (Å²) in [6.45, 7) is 2.17. The summed E-state index contributed by atoms with van der Waals surface area (Å²) in [5, 5.41) is 10.2. The molecule has 0 aliphatic heterocycles. The number of benzene rings is 1. The van der Waals surface area contributed by atoms with Crippen LogP contribution in [-0.4, -0.2) is 27.4 Å². The summed E-state index contributed by atoms with van der Waals surface area (Å²) in [7, 11) is 0. The lowest BCUT2D eigenvalue weighted by Crippen LogP contribution is -2.38. The van der Waals surface area contributed by atoms with Gasteiger partial charge in [0, 0.05) is 6.54 Å². The second kappa shape index (κ2) is 3.61. The van der Waals surface area contributed by atoms with Crippen molar-refractivity contribution in [3.63, 3.8) is 0 Å². The summed E-state index contributed by atoms with van der Waals surface area (Å²) < 4.78 is 1.54. The highest BCUT2D eigenvalue weighted by atomic mass is 16.4. The SMILES string of the molecule is CCN(C(=O)O)n1cnc2ccccc21. The van der Waals surface area contributed by atoms with Crippen LogP contribution in [0.4, 0.5) is 4.79 Å². The van der Waals surface area contributed by atoms with Gasteiger partial charge in [-0.25, -0.2) is 19.5 Å². The zero-order valence-corrected chi connectivity index (χ0v) is 8.29. The molecule has 1 heterocycles. The lowest BCUT2D eigenvalue weighted by Gasteiger charge is -2.18. The molecule has 0 bridgehead atoms. The lowest BCUT2D eigenvalue weighted by molar-refractivity contribution is 0.195. The van der Waals surface area contributed by atoms with Gasteiger partial charge in [0.2, 0.25) is 0 Å². The van der Waals surface area contributed by atoms with Crippen LogP contribution >= 0.6 is 0 Å². The molecule has 5 heteroatoms. The van der Waals surface area contributed by atoms with Gasteiger partial charge in [-0.1, -0.05) is 12.1 Å². The Kier molecular flexibility index (Phi) is 2.29. The molecule has 1 N–H and O–H groups in total. The van der Waals surface area contributed by atoms with Gasteiger partial charge in [-0.05, 0) is 19.1 Å². The van der Waals surface area contributed by atoms with Gasteiger partial charge in [-0.3, -0.25) is 0 Å². The summed E-state index contributed by atoms with van der Waals surface area (Å²) in [6, 6.07) is 7.42. The number of carboxylic acid groups (broad SMARTS) is 1. The first-order chi connectivity index (χ1) is 7.24. The van der Waals surface area contributed by atoms with E-state index >= 15 is 0 Å². The summed E-state index contributed by atoms with van der Waals surface area (Å²) >= 11 is 0. The van der Waals surface area contributed by atoms with E-state index < -0.39 is 6.09 Å². The first kappa shape index (κ1) is 9.51. The summed E-state index contributed by atoms with van der Waals surface area (Å²) in [5.41, 5.74) is 1.58. The number of amides is 1. The molecule has 0 aliphatic rings. The number of nitrogens with zero attached hydrogens (tertiary/aromatic N) is 3. The van der Waals surface area contributed by atoms with Crippen molar-refractivity contribution >= 4 is 17.1 Å². The highest BCUT2D eigenvalue weighted by Crippen LogP contribution is 2.12. The first-order valence-corrected chi connectivity index (χ1v) is 4.67. The van der Waals surface area contributed by atoms with Crippen molar-refractivity contribution in [1.82, 2.24) is 9.66 Å². The zero-order chi connectivity index (χ0) is 10.8. The molecule has 78 valence electrons. The van der Waals surface area contributed by atoms with Crippen LogP contribution in [0.15, 0.2) is 30.6 Å². The highest BCUT2D eigenvalue weighted by Gasteiger charge is 2.13. The van der Waals surface area contributed by atoms with Gasteiger partial charge in [0.05, 0.1) is 11.0 Å². The van der Waals surface area contributed by atoms with Crippen LogP contribution in [0.3, 0.4) is 0 Å². The fraction of sp³-hybridized carbons (Fsp3) is 0.200.